The van der Waals surface area contributed by atoms with E-state index in [1.165, 1.54) is 16.3 Å². The molecule has 0 saturated heterocycles. The van der Waals surface area contributed by atoms with Crippen molar-refractivity contribution in [2.45, 2.75) is 32.9 Å². The third-order valence-corrected chi connectivity index (χ3v) is 3.36. The summed E-state index contributed by atoms with van der Waals surface area (Å²) in [5.41, 5.74) is 1.24. The lowest BCUT2D eigenvalue weighted by atomic mass is 10.0. The van der Waals surface area contributed by atoms with Crippen LogP contribution >= 0.6 is 0 Å². The molecule has 0 amide bonds. The van der Waals surface area contributed by atoms with Crippen LogP contribution in [0.2, 0.25) is 0 Å². The summed E-state index contributed by atoms with van der Waals surface area (Å²) in [6, 6.07) is 12.7. The van der Waals surface area contributed by atoms with Crippen molar-refractivity contribution in [3.05, 3.63) is 42.0 Å². The Morgan fingerprint density at radius 3 is 2.67 bits per heavy atom. The number of hydrogen-bond acceptors (Lipinski definition) is 3. The van der Waals surface area contributed by atoms with Crippen molar-refractivity contribution in [3.8, 4) is 5.75 Å². The largest absolute Gasteiger partial charge is 0.491 e. The van der Waals surface area contributed by atoms with Crippen LogP contribution in [0.4, 0.5) is 0 Å². The minimum atomic E-state index is 0.179. The first-order valence-corrected chi connectivity index (χ1v) is 7.59. The van der Waals surface area contributed by atoms with Crippen LogP contribution in [-0.4, -0.2) is 26.4 Å². The zero-order chi connectivity index (χ0) is 15.1. The van der Waals surface area contributed by atoms with Gasteiger partial charge in [-0.3, -0.25) is 0 Å². The molecule has 0 aliphatic carbocycles. The van der Waals surface area contributed by atoms with E-state index in [-0.39, 0.29) is 6.10 Å². The Labute approximate surface area is 127 Å². The minimum Gasteiger partial charge on any atom is -0.491 e. The Balaban J connectivity index is 2.19. The highest BCUT2D eigenvalue weighted by molar-refractivity contribution is 5.87. The normalized spacial score (nSPS) is 11.2. The van der Waals surface area contributed by atoms with Gasteiger partial charge in [0.2, 0.25) is 0 Å². The Morgan fingerprint density at radius 2 is 1.90 bits per heavy atom. The molecule has 0 aliphatic rings. The van der Waals surface area contributed by atoms with Crippen LogP contribution in [0.1, 0.15) is 25.8 Å². The number of ether oxygens (including phenoxy) is 2. The summed E-state index contributed by atoms with van der Waals surface area (Å²) in [7, 11) is 1.74. The van der Waals surface area contributed by atoms with Gasteiger partial charge >= 0.3 is 0 Å². The van der Waals surface area contributed by atoms with Crippen molar-refractivity contribution in [3.63, 3.8) is 0 Å². The van der Waals surface area contributed by atoms with E-state index in [0.29, 0.717) is 0 Å². The second-order valence-electron chi connectivity index (χ2n) is 5.45. The van der Waals surface area contributed by atoms with Crippen LogP contribution in [0.15, 0.2) is 36.4 Å². The molecule has 0 fully saturated rings. The zero-order valence-corrected chi connectivity index (χ0v) is 13.2. The quantitative estimate of drug-likeness (QED) is 0.750. The van der Waals surface area contributed by atoms with Crippen molar-refractivity contribution < 1.29 is 9.47 Å². The van der Waals surface area contributed by atoms with Gasteiger partial charge in [-0.15, -0.1) is 0 Å². The number of fused-ring (bicyclic) bond motifs is 1. The van der Waals surface area contributed by atoms with Crippen molar-refractivity contribution in [2.24, 2.45) is 0 Å². The lowest BCUT2D eigenvalue weighted by Crippen LogP contribution is -2.18. The number of hydrogen-bond donors (Lipinski definition) is 1. The van der Waals surface area contributed by atoms with Crippen LogP contribution in [-0.2, 0) is 11.3 Å². The fourth-order valence-corrected chi connectivity index (χ4v) is 2.42. The van der Waals surface area contributed by atoms with Gasteiger partial charge in [-0.2, -0.15) is 0 Å². The predicted molar refractivity (Wildman–Crippen MR) is 87.9 cm³/mol. The molecule has 0 saturated carbocycles. The van der Waals surface area contributed by atoms with Crippen molar-refractivity contribution in [2.75, 3.05) is 20.3 Å². The molecule has 0 unspecified atom stereocenters. The standard InChI is InChI=1S/C18H25NO2/c1-14(2)21-18-10-9-15-7-4-5-8-16(15)17(18)13-19-11-6-12-20-3/h4-5,7-10,14,19H,6,11-13H2,1-3H3. The molecule has 0 spiro atoms. The Morgan fingerprint density at radius 1 is 1.10 bits per heavy atom. The highest BCUT2D eigenvalue weighted by atomic mass is 16.5. The zero-order valence-electron chi connectivity index (χ0n) is 13.2. The smallest absolute Gasteiger partial charge is 0.124 e. The number of rotatable bonds is 8. The van der Waals surface area contributed by atoms with Gasteiger partial charge in [0.15, 0.2) is 0 Å². The van der Waals surface area contributed by atoms with Crippen molar-refractivity contribution >= 4 is 10.8 Å². The predicted octanol–water partition coefficient (Wildman–Crippen LogP) is 3.75. The molecule has 3 nitrogen and oxygen atoms in total. The van der Waals surface area contributed by atoms with Gasteiger partial charge in [0.05, 0.1) is 6.10 Å². The molecular formula is C18H25NO2. The van der Waals surface area contributed by atoms with E-state index < -0.39 is 0 Å². The molecule has 2 rings (SSSR count). The van der Waals surface area contributed by atoms with Gasteiger partial charge in [0.1, 0.15) is 5.75 Å². The van der Waals surface area contributed by atoms with E-state index >= 15 is 0 Å². The summed E-state index contributed by atoms with van der Waals surface area (Å²) in [5.74, 6) is 0.975. The minimum absolute atomic E-state index is 0.179. The molecule has 0 heterocycles. The van der Waals surface area contributed by atoms with Gasteiger partial charge in [-0.25, -0.2) is 0 Å². The van der Waals surface area contributed by atoms with Gasteiger partial charge < -0.3 is 14.8 Å². The topological polar surface area (TPSA) is 30.5 Å². The van der Waals surface area contributed by atoms with E-state index in [1.54, 1.807) is 7.11 Å². The van der Waals surface area contributed by atoms with Crippen LogP contribution in [0, 0.1) is 0 Å². The SMILES string of the molecule is COCCCNCc1c(OC(C)C)ccc2ccccc12. The number of nitrogens with one attached hydrogen (secondary N) is 1. The van der Waals surface area contributed by atoms with Crippen LogP contribution in [0.5, 0.6) is 5.75 Å². The lowest BCUT2D eigenvalue weighted by molar-refractivity contribution is 0.194. The molecule has 21 heavy (non-hydrogen) atoms. The molecule has 2 aromatic rings. The average molecular weight is 287 g/mol. The first kappa shape index (κ1) is 15.8. The summed E-state index contributed by atoms with van der Waals surface area (Å²) in [6.45, 7) is 6.67. The number of methoxy groups -OCH3 is 1. The van der Waals surface area contributed by atoms with Crippen molar-refractivity contribution in [1.82, 2.24) is 5.32 Å². The molecule has 3 heteroatoms. The highest BCUT2D eigenvalue weighted by Crippen LogP contribution is 2.28. The first-order chi connectivity index (χ1) is 10.2. The Hall–Kier alpha value is -1.58. The van der Waals surface area contributed by atoms with Crippen molar-refractivity contribution in [1.29, 1.82) is 0 Å². The third kappa shape index (κ3) is 4.45. The van der Waals surface area contributed by atoms with Crippen LogP contribution in [0.3, 0.4) is 0 Å². The third-order valence-electron chi connectivity index (χ3n) is 3.36. The second-order valence-corrected chi connectivity index (χ2v) is 5.45. The van der Waals surface area contributed by atoms with Gasteiger partial charge in [-0.1, -0.05) is 30.3 Å². The summed E-state index contributed by atoms with van der Waals surface area (Å²) in [6.07, 6.45) is 1.19. The van der Waals surface area contributed by atoms with Crippen LogP contribution in [0.25, 0.3) is 10.8 Å². The van der Waals surface area contributed by atoms with E-state index in [4.69, 9.17) is 9.47 Å². The second kappa shape index (κ2) is 8.01. The maximum atomic E-state index is 5.97. The molecule has 0 aromatic heterocycles. The van der Waals surface area contributed by atoms with E-state index in [9.17, 15) is 0 Å². The van der Waals surface area contributed by atoms with E-state index in [0.717, 1.165) is 31.9 Å². The summed E-state index contributed by atoms with van der Waals surface area (Å²) in [5, 5.41) is 5.99. The molecule has 0 atom stereocenters. The lowest BCUT2D eigenvalue weighted by Gasteiger charge is -2.17. The molecule has 0 aliphatic heterocycles. The van der Waals surface area contributed by atoms with Gasteiger partial charge in [0, 0.05) is 25.8 Å². The maximum absolute atomic E-state index is 5.97. The Bertz CT molecular complexity index is 566. The number of benzene rings is 2. The Kier molecular flexibility index (Phi) is 6.03. The first-order valence-electron chi connectivity index (χ1n) is 7.59. The molecule has 2 aromatic carbocycles. The fraction of sp³-hybridized carbons (Fsp3) is 0.444. The van der Waals surface area contributed by atoms with Crippen LogP contribution < -0.4 is 10.1 Å². The monoisotopic (exact) mass is 287 g/mol. The molecule has 0 radical (unpaired) electrons. The summed E-state index contributed by atoms with van der Waals surface area (Å²) in [4.78, 5) is 0. The van der Waals surface area contributed by atoms with Gasteiger partial charge in [-0.05, 0) is 43.7 Å². The highest BCUT2D eigenvalue weighted by Gasteiger charge is 2.09. The van der Waals surface area contributed by atoms with E-state index in [2.05, 4.69) is 55.6 Å². The average Bonchev–Trinajstić information content (AvgIpc) is 2.48. The summed E-state index contributed by atoms with van der Waals surface area (Å²) >= 11 is 0. The molecule has 0 bridgehead atoms. The van der Waals surface area contributed by atoms with Gasteiger partial charge in [0.25, 0.3) is 0 Å². The molecule has 1 N–H and O–H groups in total. The molecule has 114 valence electrons. The maximum Gasteiger partial charge on any atom is 0.124 e. The van der Waals surface area contributed by atoms with E-state index in [1.807, 2.05) is 0 Å². The molecular weight excluding hydrogens is 262 g/mol. The summed E-state index contributed by atoms with van der Waals surface area (Å²) < 4.78 is 11.0. The fourth-order valence-electron chi connectivity index (χ4n) is 2.42.